The van der Waals surface area contributed by atoms with Gasteiger partial charge in [-0.2, -0.15) is 0 Å². The van der Waals surface area contributed by atoms with Gasteiger partial charge >= 0.3 is 0 Å². The zero-order valence-electron chi connectivity index (χ0n) is 8.80. The molecule has 1 aromatic rings. The second-order valence-corrected chi connectivity index (χ2v) is 5.44. The van der Waals surface area contributed by atoms with Gasteiger partial charge in [0.2, 0.25) is 11.0 Å². The van der Waals surface area contributed by atoms with Crippen molar-refractivity contribution in [2.75, 3.05) is 18.1 Å². The van der Waals surface area contributed by atoms with Crippen molar-refractivity contribution in [3.05, 3.63) is 5.01 Å². The highest BCUT2D eigenvalue weighted by atomic mass is 32.1. The molecule has 2 aliphatic rings. The Kier molecular flexibility index (Phi) is 2.40. The molecule has 5 nitrogen and oxygen atoms in total. The van der Waals surface area contributed by atoms with E-state index in [4.69, 9.17) is 5.11 Å². The van der Waals surface area contributed by atoms with Crippen LogP contribution in [0.15, 0.2) is 0 Å². The molecule has 0 bridgehead atoms. The van der Waals surface area contributed by atoms with Gasteiger partial charge in [0.25, 0.3) is 0 Å². The molecule has 0 aromatic carbocycles. The Morgan fingerprint density at radius 2 is 2.25 bits per heavy atom. The highest BCUT2D eigenvalue weighted by molar-refractivity contribution is 7.15. The Hall–Kier alpha value is -1.01. The van der Waals surface area contributed by atoms with Gasteiger partial charge in [-0.1, -0.05) is 11.3 Å². The fraction of sp³-hybridized carbons (Fsp3) is 0.700. The summed E-state index contributed by atoms with van der Waals surface area (Å²) < 4.78 is 0. The standard InChI is InChI=1S/C10H13N3O2S/c14-5-6-3-8(15)13(4-6)10-12-11-9(16-10)7-1-2-7/h6-7,14H,1-5H2. The third-order valence-electron chi connectivity index (χ3n) is 3.05. The summed E-state index contributed by atoms with van der Waals surface area (Å²) in [6.07, 6.45) is 2.82. The van der Waals surface area contributed by atoms with Gasteiger partial charge in [-0.3, -0.25) is 9.69 Å². The van der Waals surface area contributed by atoms with E-state index in [2.05, 4.69) is 10.2 Å². The van der Waals surface area contributed by atoms with Crippen LogP contribution in [0.1, 0.15) is 30.2 Å². The SMILES string of the molecule is O=C1CC(CO)CN1c1nnc(C2CC2)s1. The summed E-state index contributed by atoms with van der Waals surface area (Å²) in [6.45, 7) is 0.644. The van der Waals surface area contributed by atoms with Crippen LogP contribution in [0, 0.1) is 5.92 Å². The molecule has 1 aliphatic carbocycles. The van der Waals surface area contributed by atoms with Gasteiger partial charge in [0, 0.05) is 31.4 Å². The number of hydrogen-bond donors (Lipinski definition) is 1. The number of carbonyl (C=O) groups is 1. The van der Waals surface area contributed by atoms with E-state index >= 15 is 0 Å². The molecular weight excluding hydrogens is 226 g/mol. The Labute approximate surface area is 97.1 Å². The maximum absolute atomic E-state index is 11.7. The summed E-state index contributed by atoms with van der Waals surface area (Å²) in [5.74, 6) is 0.691. The van der Waals surface area contributed by atoms with E-state index in [9.17, 15) is 4.79 Å². The molecule has 1 aromatic heterocycles. The van der Waals surface area contributed by atoms with Gasteiger partial charge in [0.15, 0.2) is 0 Å². The highest BCUT2D eigenvalue weighted by Crippen LogP contribution is 2.43. The quantitative estimate of drug-likeness (QED) is 0.845. The number of carbonyl (C=O) groups excluding carboxylic acids is 1. The molecule has 1 N–H and O–H groups in total. The molecule has 0 radical (unpaired) electrons. The fourth-order valence-corrected chi connectivity index (χ4v) is 2.96. The average Bonchev–Trinajstić information content (AvgIpc) is 2.89. The number of nitrogens with zero attached hydrogens (tertiary/aromatic N) is 3. The molecule has 2 fully saturated rings. The fourth-order valence-electron chi connectivity index (χ4n) is 1.92. The second kappa shape index (κ2) is 3.78. The first-order valence-corrected chi connectivity index (χ1v) is 6.34. The molecule has 1 saturated carbocycles. The topological polar surface area (TPSA) is 66.3 Å². The van der Waals surface area contributed by atoms with Crippen molar-refractivity contribution in [3.8, 4) is 0 Å². The maximum Gasteiger partial charge on any atom is 0.229 e. The Bertz CT molecular complexity index is 416. The molecule has 2 heterocycles. The molecule has 3 rings (SSSR count). The monoisotopic (exact) mass is 239 g/mol. The molecule has 1 saturated heterocycles. The van der Waals surface area contributed by atoms with Crippen molar-refractivity contribution >= 4 is 22.4 Å². The molecule has 86 valence electrons. The number of aliphatic hydroxyl groups is 1. The summed E-state index contributed by atoms with van der Waals surface area (Å²) in [7, 11) is 0. The van der Waals surface area contributed by atoms with Crippen LogP contribution in [-0.4, -0.2) is 34.4 Å². The van der Waals surface area contributed by atoms with E-state index in [0.29, 0.717) is 24.0 Å². The average molecular weight is 239 g/mol. The molecule has 0 spiro atoms. The largest absolute Gasteiger partial charge is 0.396 e. The molecular formula is C10H13N3O2S. The maximum atomic E-state index is 11.7. The van der Waals surface area contributed by atoms with Crippen LogP contribution in [0.5, 0.6) is 0 Å². The number of amides is 1. The third-order valence-corrected chi connectivity index (χ3v) is 4.16. The first-order valence-electron chi connectivity index (χ1n) is 5.52. The predicted octanol–water partition coefficient (Wildman–Crippen LogP) is 0.761. The zero-order valence-corrected chi connectivity index (χ0v) is 9.61. The van der Waals surface area contributed by atoms with Crippen LogP contribution < -0.4 is 4.90 Å². The van der Waals surface area contributed by atoms with E-state index in [1.54, 1.807) is 4.90 Å². The lowest BCUT2D eigenvalue weighted by Crippen LogP contribution is -2.24. The van der Waals surface area contributed by atoms with Crippen LogP contribution in [-0.2, 0) is 4.79 Å². The van der Waals surface area contributed by atoms with Crippen molar-refractivity contribution in [1.29, 1.82) is 0 Å². The van der Waals surface area contributed by atoms with E-state index in [0.717, 1.165) is 5.01 Å². The molecule has 6 heteroatoms. The van der Waals surface area contributed by atoms with Crippen LogP contribution in [0.4, 0.5) is 5.13 Å². The molecule has 1 aliphatic heterocycles. The van der Waals surface area contributed by atoms with Crippen LogP contribution in [0.3, 0.4) is 0 Å². The van der Waals surface area contributed by atoms with Crippen molar-refractivity contribution in [2.24, 2.45) is 5.92 Å². The smallest absolute Gasteiger partial charge is 0.229 e. The summed E-state index contributed by atoms with van der Waals surface area (Å²) >= 11 is 1.52. The van der Waals surface area contributed by atoms with Crippen LogP contribution >= 0.6 is 11.3 Å². The van der Waals surface area contributed by atoms with Gasteiger partial charge in [0.1, 0.15) is 5.01 Å². The highest BCUT2D eigenvalue weighted by Gasteiger charge is 2.34. The van der Waals surface area contributed by atoms with Gasteiger partial charge in [-0.05, 0) is 12.8 Å². The lowest BCUT2D eigenvalue weighted by atomic mass is 10.1. The normalized spacial score (nSPS) is 25.4. The predicted molar refractivity (Wildman–Crippen MR) is 59.4 cm³/mol. The van der Waals surface area contributed by atoms with Crippen molar-refractivity contribution < 1.29 is 9.90 Å². The van der Waals surface area contributed by atoms with Crippen LogP contribution in [0.2, 0.25) is 0 Å². The minimum absolute atomic E-state index is 0.0533. The van der Waals surface area contributed by atoms with E-state index in [1.807, 2.05) is 0 Å². The summed E-state index contributed by atoms with van der Waals surface area (Å²) in [6, 6.07) is 0. The number of anilines is 1. The van der Waals surface area contributed by atoms with Gasteiger partial charge in [-0.25, -0.2) is 0 Å². The number of aliphatic hydroxyl groups excluding tert-OH is 1. The zero-order chi connectivity index (χ0) is 11.1. The van der Waals surface area contributed by atoms with E-state index in [1.165, 1.54) is 24.2 Å². The van der Waals surface area contributed by atoms with Crippen LogP contribution in [0.25, 0.3) is 0 Å². The first-order chi connectivity index (χ1) is 7.78. The Balaban J connectivity index is 1.78. The Morgan fingerprint density at radius 3 is 2.88 bits per heavy atom. The minimum atomic E-state index is 0.0533. The molecule has 16 heavy (non-hydrogen) atoms. The van der Waals surface area contributed by atoms with Gasteiger partial charge in [0.05, 0.1) is 0 Å². The third kappa shape index (κ3) is 1.72. The lowest BCUT2D eigenvalue weighted by molar-refractivity contribution is -0.117. The first kappa shape index (κ1) is 10.2. The second-order valence-electron chi connectivity index (χ2n) is 4.45. The molecule has 1 unspecified atom stereocenters. The number of hydrogen-bond acceptors (Lipinski definition) is 5. The van der Waals surface area contributed by atoms with Crippen molar-refractivity contribution in [1.82, 2.24) is 10.2 Å². The van der Waals surface area contributed by atoms with E-state index in [-0.39, 0.29) is 18.4 Å². The van der Waals surface area contributed by atoms with E-state index < -0.39 is 0 Å². The Morgan fingerprint density at radius 1 is 1.44 bits per heavy atom. The van der Waals surface area contributed by atoms with Crippen molar-refractivity contribution in [2.45, 2.75) is 25.2 Å². The summed E-state index contributed by atoms with van der Waals surface area (Å²) in [5.41, 5.74) is 0. The van der Waals surface area contributed by atoms with Crippen molar-refractivity contribution in [3.63, 3.8) is 0 Å². The number of aromatic nitrogens is 2. The van der Waals surface area contributed by atoms with Gasteiger partial charge < -0.3 is 5.11 Å². The minimum Gasteiger partial charge on any atom is -0.396 e. The molecule has 1 atom stereocenters. The summed E-state index contributed by atoms with van der Waals surface area (Å²) in [5, 5.41) is 19.0. The number of rotatable bonds is 3. The lowest BCUT2D eigenvalue weighted by Gasteiger charge is -2.10. The molecule has 1 amide bonds. The summed E-state index contributed by atoms with van der Waals surface area (Å²) in [4.78, 5) is 13.3. The van der Waals surface area contributed by atoms with Gasteiger partial charge in [-0.15, -0.1) is 10.2 Å².